The lowest BCUT2D eigenvalue weighted by Gasteiger charge is -2.32. The Kier molecular flexibility index (Phi) is 6.21. The third-order valence-corrected chi connectivity index (χ3v) is 6.04. The molecule has 6 nitrogen and oxygen atoms in total. The van der Waals surface area contributed by atoms with Gasteiger partial charge in [0, 0.05) is 43.1 Å². The Bertz CT molecular complexity index is 871. The van der Waals surface area contributed by atoms with Gasteiger partial charge in [0.15, 0.2) is 0 Å². The minimum atomic E-state index is -0.394. The van der Waals surface area contributed by atoms with Crippen LogP contribution < -0.4 is 20.9 Å². The van der Waals surface area contributed by atoms with E-state index in [1.54, 1.807) is 0 Å². The van der Waals surface area contributed by atoms with E-state index in [0.717, 1.165) is 35.9 Å². The second-order valence-corrected chi connectivity index (χ2v) is 8.41. The molecule has 30 heavy (non-hydrogen) atoms. The zero-order chi connectivity index (χ0) is 20.9. The van der Waals surface area contributed by atoms with E-state index in [4.69, 9.17) is 0 Å². The largest absolute Gasteiger partial charge is 0.372 e. The second kappa shape index (κ2) is 9.20. The summed E-state index contributed by atoms with van der Waals surface area (Å²) in [6.07, 6.45) is 3.53. The van der Waals surface area contributed by atoms with Gasteiger partial charge < -0.3 is 20.9 Å². The summed E-state index contributed by atoms with van der Waals surface area (Å²) >= 11 is 0. The lowest BCUT2D eigenvalue weighted by Crippen LogP contribution is -2.41. The first-order chi connectivity index (χ1) is 14.6. The van der Waals surface area contributed by atoms with Gasteiger partial charge in [0.05, 0.1) is 0 Å². The topological polar surface area (TPSA) is 73.5 Å². The first-order valence-corrected chi connectivity index (χ1v) is 10.8. The van der Waals surface area contributed by atoms with Crippen LogP contribution in [0.4, 0.5) is 17.1 Å². The van der Waals surface area contributed by atoms with Gasteiger partial charge in [-0.05, 0) is 67.1 Å². The van der Waals surface area contributed by atoms with E-state index in [1.807, 2.05) is 24.3 Å². The van der Waals surface area contributed by atoms with Crippen LogP contribution >= 0.6 is 0 Å². The van der Waals surface area contributed by atoms with Crippen molar-refractivity contribution in [3.8, 4) is 0 Å². The van der Waals surface area contributed by atoms with Crippen molar-refractivity contribution < 1.29 is 9.59 Å². The number of hydrogen-bond acceptors (Lipinski definition) is 4. The van der Waals surface area contributed by atoms with Crippen molar-refractivity contribution in [3.05, 3.63) is 54.1 Å². The van der Waals surface area contributed by atoms with E-state index in [2.05, 4.69) is 52.0 Å². The number of nitrogens with one attached hydrogen (secondary N) is 3. The van der Waals surface area contributed by atoms with Crippen LogP contribution in [-0.2, 0) is 16.1 Å². The van der Waals surface area contributed by atoms with Crippen LogP contribution in [0.3, 0.4) is 0 Å². The van der Waals surface area contributed by atoms with Crippen LogP contribution in [0.1, 0.15) is 38.2 Å². The molecule has 2 aliphatic heterocycles. The summed E-state index contributed by atoms with van der Waals surface area (Å²) in [7, 11) is 0. The van der Waals surface area contributed by atoms with Crippen LogP contribution in [0, 0.1) is 5.92 Å². The fraction of sp³-hybridized carbons (Fsp3) is 0.417. The Balaban J connectivity index is 1.27. The predicted molar refractivity (Wildman–Crippen MR) is 120 cm³/mol. The highest BCUT2D eigenvalue weighted by Gasteiger charge is 2.26. The number of anilines is 3. The highest BCUT2D eigenvalue weighted by molar-refractivity contribution is 5.90. The standard InChI is InChI=1S/C24H30N4O2/c1-17-12-14-28(15-13-17)21-8-6-20(7-9-21)26-19-4-2-18(3-5-19)16-25-24(30)22-10-11-23(29)27-22/h2-9,17,22,26H,10-16H2,1H3,(H,25,30)(H,27,29). The summed E-state index contributed by atoms with van der Waals surface area (Å²) < 4.78 is 0. The molecular weight excluding hydrogens is 376 g/mol. The number of benzene rings is 2. The fourth-order valence-corrected chi connectivity index (χ4v) is 4.02. The molecule has 2 heterocycles. The summed E-state index contributed by atoms with van der Waals surface area (Å²) in [6.45, 7) is 5.06. The van der Waals surface area contributed by atoms with E-state index in [0.29, 0.717) is 19.4 Å². The maximum Gasteiger partial charge on any atom is 0.242 e. The average Bonchev–Trinajstić information content (AvgIpc) is 3.21. The summed E-state index contributed by atoms with van der Waals surface area (Å²) in [5.41, 5.74) is 4.37. The lowest BCUT2D eigenvalue weighted by atomic mass is 9.99. The van der Waals surface area contributed by atoms with Crippen LogP contribution in [0.25, 0.3) is 0 Å². The van der Waals surface area contributed by atoms with Crippen molar-refractivity contribution in [2.24, 2.45) is 5.92 Å². The molecular formula is C24H30N4O2. The molecule has 4 rings (SSSR count). The molecule has 0 aromatic heterocycles. The number of hydrogen-bond donors (Lipinski definition) is 3. The molecule has 158 valence electrons. The van der Waals surface area contributed by atoms with Crippen LogP contribution in [-0.4, -0.2) is 30.9 Å². The van der Waals surface area contributed by atoms with Gasteiger partial charge in [-0.2, -0.15) is 0 Å². The lowest BCUT2D eigenvalue weighted by molar-refractivity contribution is -0.125. The Morgan fingerprint density at radius 3 is 2.23 bits per heavy atom. The maximum absolute atomic E-state index is 12.1. The maximum atomic E-state index is 12.1. The molecule has 2 saturated heterocycles. The molecule has 2 aliphatic rings. The van der Waals surface area contributed by atoms with E-state index in [-0.39, 0.29) is 11.8 Å². The monoisotopic (exact) mass is 406 g/mol. The van der Waals surface area contributed by atoms with Crippen molar-refractivity contribution in [2.45, 2.75) is 45.2 Å². The molecule has 0 bridgehead atoms. The summed E-state index contributed by atoms with van der Waals surface area (Å²) in [4.78, 5) is 25.8. The molecule has 0 radical (unpaired) electrons. The van der Waals surface area contributed by atoms with Crippen molar-refractivity contribution in [1.29, 1.82) is 0 Å². The number of piperidine rings is 1. The Hall–Kier alpha value is -3.02. The number of nitrogens with zero attached hydrogens (tertiary/aromatic N) is 1. The van der Waals surface area contributed by atoms with Gasteiger partial charge in [0.1, 0.15) is 6.04 Å². The fourth-order valence-electron chi connectivity index (χ4n) is 4.02. The van der Waals surface area contributed by atoms with Gasteiger partial charge in [-0.25, -0.2) is 0 Å². The van der Waals surface area contributed by atoms with Crippen LogP contribution in [0.2, 0.25) is 0 Å². The SMILES string of the molecule is CC1CCN(c2ccc(Nc3ccc(CNC(=O)C4CCC(=O)N4)cc3)cc2)CC1. The normalized spacial score (nSPS) is 19.4. The summed E-state index contributed by atoms with van der Waals surface area (Å²) in [6, 6.07) is 16.2. The second-order valence-electron chi connectivity index (χ2n) is 8.41. The Labute approximate surface area is 178 Å². The van der Waals surface area contributed by atoms with E-state index in [1.165, 1.54) is 18.5 Å². The highest BCUT2D eigenvalue weighted by Crippen LogP contribution is 2.25. The quantitative estimate of drug-likeness (QED) is 0.686. The summed E-state index contributed by atoms with van der Waals surface area (Å²) in [5, 5.41) is 9.01. The molecule has 3 N–H and O–H groups in total. The highest BCUT2D eigenvalue weighted by atomic mass is 16.2. The molecule has 2 aromatic rings. The van der Waals surface area contributed by atoms with Gasteiger partial charge in [-0.1, -0.05) is 19.1 Å². The van der Waals surface area contributed by atoms with Crippen molar-refractivity contribution >= 4 is 28.9 Å². The average molecular weight is 407 g/mol. The van der Waals surface area contributed by atoms with Gasteiger partial charge in [0.2, 0.25) is 11.8 Å². The Morgan fingerprint density at radius 2 is 1.63 bits per heavy atom. The molecule has 2 fully saturated rings. The van der Waals surface area contributed by atoms with Crippen molar-refractivity contribution in [3.63, 3.8) is 0 Å². The first kappa shape index (κ1) is 20.3. The smallest absolute Gasteiger partial charge is 0.242 e. The third-order valence-electron chi connectivity index (χ3n) is 6.04. The van der Waals surface area contributed by atoms with Crippen LogP contribution in [0.15, 0.2) is 48.5 Å². The zero-order valence-corrected chi connectivity index (χ0v) is 17.5. The summed E-state index contributed by atoms with van der Waals surface area (Å²) in [5.74, 6) is 0.664. The van der Waals surface area contributed by atoms with Crippen LogP contribution in [0.5, 0.6) is 0 Å². The molecule has 1 unspecified atom stereocenters. The van der Waals surface area contributed by atoms with E-state index in [9.17, 15) is 9.59 Å². The Morgan fingerprint density at radius 1 is 1.00 bits per heavy atom. The van der Waals surface area contributed by atoms with E-state index >= 15 is 0 Å². The molecule has 6 heteroatoms. The first-order valence-electron chi connectivity index (χ1n) is 10.8. The van der Waals surface area contributed by atoms with Crippen molar-refractivity contribution in [1.82, 2.24) is 10.6 Å². The van der Waals surface area contributed by atoms with Gasteiger partial charge >= 0.3 is 0 Å². The number of carbonyl (C=O) groups is 2. The third kappa shape index (κ3) is 5.12. The minimum absolute atomic E-state index is 0.0517. The van der Waals surface area contributed by atoms with Gasteiger partial charge in [0.25, 0.3) is 0 Å². The van der Waals surface area contributed by atoms with Crippen molar-refractivity contribution in [2.75, 3.05) is 23.3 Å². The predicted octanol–water partition coefficient (Wildman–Crippen LogP) is 3.56. The molecule has 0 spiro atoms. The molecule has 2 amide bonds. The van der Waals surface area contributed by atoms with Gasteiger partial charge in [-0.3, -0.25) is 9.59 Å². The molecule has 2 aromatic carbocycles. The minimum Gasteiger partial charge on any atom is -0.372 e. The number of amides is 2. The number of rotatable bonds is 6. The molecule has 0 saturated carbocycles. The number of carbonyl (C=O) groups excluding carboxylic acids is 2. The zero-order valence-electron chi connectivity index (χ0n) is 17.5. The van der Waals surface area contributed by atoms with Gasteiger partial charge in [-0.15, -0.1) is 0 Å². The molecule has 1 atom stereocenters. The molecule has 0 aliphatic carbocycles. The van der Waals surface area contributed by atoms with E-state index < -0.39 is 6.04 Å².